The van der Waals surface area contributed by atoms with Crippen LogP contribution in [0, 0.1) is 0 Å². The molecule has 0 saturated carbocycles. The van der Waals surface area contributed by atoms with Gasteiger partial charge in [-0.2, -0.15) is 0 Å². The summed E-state index contributed by atoms with van der Waals surface area (Å²) in [5.74, 6) is 0. The van der Waals surface area contributed by atoms with Crippen LogP contribution in [0.3, 0.4) is 0 Å². The molecule has 3 nitrogen and oxygen atoms in total. The van der Waals surface area contributed by atoms with Crippen LogP contribution in [0.4, 0.5) is 0 Å². The second-order valence-corrected chi connectivity index (χ2v) is 6.28. The lowest BCUT2D eigenvalue weighted by molar-refractivity contribution is -0.128. The summed E-state index contributed by atoms with van der Waals surface area (Å²) in [4.78, 5) is 0. The van der Waals surface area contributed by atoms with Crippen molar-refractivity contribution in [2.75, 3.05) is 26.4 Å². The minimum atomic E-state index is 0.00638. The van der Waals surface area contributed by atoms with Crippen LogP contribution in [0.15, 0.2) is 0 Å². The molecule has 1 atom stereocenters. The second-order valence-electron chi connectivity index (χ2n) is 6.28. The van der Waals surface area contributed by atoms with Gasteiger partial charge in [0.1, 0.15) is 0 Å². The molecule has 126 valence electrons. The highest BCUT2D eigenvalue weighted by atomic mass is 16.5. The summed E-state index contributed by atoms with van der Waals surface area (Å²) in [6.07, 6.45) is 11.5. The lowest BCUT2D eigenvalue weighted by Gasteiger charge is -2.43. The Hall–Kier alpha value is -0.120. The zero-order valence-corrected chi connectivity index (χ0v) is 14.6. The monoisotopic (exact) mass is 299 g/mol. The molecular formula is C18H37NO2. The number of ether oxygens (including phenoxy) is 2. The van der Waals surface area contributed by atoms with Crippen LogP contribution in [0.1, 0.15) is 78.6 Å². The Morgan fingerprint density at radius 2 is 1.67 bits per heavy atom. The molecule has 0 radical (unpaired) electrons. The van der Waals surface area contributed by atoms with Crippen LogP contribution in [-0.4, -0.2) is 38.0 Å². The van der Waals surface area contributed by atoms with E-state index in [-0.39, 0.29) is 5.60 Å². The molecule has 1 aliphatic heterocycles. The Morgan fingerprint density at radius 1 is 1.00 bits per heavy atom. The Labute approximate surface area is 132 Å². The Kier molecular flexibility index (Phi) is 10.3. The van der Waals surface area contributed by atoms with Crippen LogP contribution in [0.2, 0.25) is 0 Å². The zero-order valence-electron chi connectivity index (χ0n) is 14.6. The van der Waals surface area contributed by atoms with E-state index in [2.05, 4.69) is 26.1 Å². The third kappa shape index (κ3) is 6.66. The molecule has 1 N–H and O–H groups in total. The highest BCUT2D eigenvalue weighted by Crippen LogP contribution is 2.31. The number of likely N-dealkylation sites (N-methyl/N-ethyl adjacent to an activating group) is 1. The first-order valence-corrected chi connectivity index (χ1v) is 9.24. The first-order chi connectivity index (χ1) is 10.3. The van der Waals surface area contributed by atoms with Crippen molar-refractivity contribution in [1.29, 1.82) is 0 Å². The van der Waals surface area contributed by atoms with Gasteiger partial charge in [-0.25, -0.2) is 0 Å². The molecule has 3 heteroatoms. The van der Waals surface area contributed by atoms with Crippen molar-refractivity contribution in [3.05, 3.63) is 0 Å². The molecule has 0 amide bonds. The molecule has 0 aromatic carbocycles. The molecule has 1 unspecified atom stereocenters. The average molecular weight is 299 g/mol. The Morgan fingerprint density at radius 3 is 2.29 bits per heavy atom. The maximum atomic E-state index is 6.24. The van der Waals surface area contributed by atoms with Gasteiger partial charge in [-0.05, 0) is 19.9 Å². The minimum Gasteiger partial charge on any atom is -0.381 e. The number of unbranched alkanes of at least 4 members (excludes halogenated alkanes) is 5. The van der Waals surface area contributed by atoms with Crippen molar-refractivity contribution in [1.82, 2.24) is 5.32 Å². The second kappa shape index (κ2) is 11.4. The van der Waals surface area contributed by atoms with Crippen molar-refractivity contribution in [3.8, 4) is 0 Å². The summed E-state index contributed by atoms with van der Waals surface area (Å²) >= 11 is 0. The average Bonchev–Trinajstić information content (AvgIpc) is 2.51. The van der Waals surface area contributed by atoms with Gasteiger partial charge < -0.3 is 14.8 Å². The van der Waals surface area contributed by atoms with Crippen LogP contribution in [-0.2, 0) is 9.47 Å². The van der Waals surface area contributed by atoms with Crippen molar-refractivity contribution >= 4 is 0 Å². The molecule has 0 bridgehead atoms. The number of rotatable bonds is 12. The molecule has 1 aliphatic rings. The maximum absolute atomic E-state index is 6.24. The first kappa shape index (κ1) is 18.9. The van der Waals surface area contributed by atoms with E-state index in [9.17, 15) is 0 Å². The van der Waals surface area contributed by atoms with Gasteiger partial charge in [0.05, 0.1) is 5.60 Å². The zero-order chi connectivity index (χ0) is 15.4. The summed E-state index contributed by atoms with van der Waals surface area (Å²) in [5, 5.41) is 3.70. The van der Waals surface area contributed by atoms with Crippen molar-refractivity contribution in [3.63, 3.8) is 0 Å². The molecule has 0 aromatic heterocycles. The lowest BCUT2D eigenvalue weighted by atomic mass is 9.83. The van der Waals surface area contributed by atoms with E-state index >= 15 is 0 Å². The molecule has 1 heterocycles. The van der Waals surface area contributed by atoms with Crippen LogP contribution >= 0.6 is 0 Å². The molecule has 1 rings (SSSR count). The lowest BCUT2D eigenvalue weighted by Crippen LogP contribution is -2.55. The van der Waals surface area contributed by atoms with Gasteiger partial charge in [0, 0.05) is 38.7 Å². The van der Waals surface area contributed by atoms with Gasteiger partial charge in [0.25, 0.3) is 0 Å². The highest BCUT2D eigenvalue weighted by molar-refractivity contribution is 4.95. The quantitative estimate of drug-likeness (QED) is 0.545. The normalized spacial score (nSPS) is 19.6. The van der Waals surface area contributed by atoms with E-state index in [0.29, 0.717) is 6.04 Å². The minimum absolute atomic E-state index is 0.00638. The molecular weight excluding hydrogens is 262 g/mol. The van der Waals surface area contributed by atoms with E-state index in [1.54, 1.807) is 0 Å². The van der Waals surface area contributed by atoms with E-state index < -0.39 is 0 Å². The standard InChI is InChI=1S/C18H37NO2/c1-4-7-8-9-10-11-12-17(19-5-2)18(21-6-3)13-15-20-16-14-18/h17,19H,4-16H2,1-3H3. The fourth-order valence-corrected chi connectivity index (χ4v) is 3.52. The Bertz CT molecular complexity index is 234. The highest BCUT2D eigenvalue weighted by Gasteiger charge is 2.40. The fourth-order valence-electron chi connectivity index (χ4n) is 3.52. The molecule has 1 saturated heterocycles. The summed E-state index contributed by atoms with van der Waals surface area (Å²) in [6.45, 7) is 10.1. The topological polar surface area (TPSA) is 30.5 Å². The Balaban J connectivity index is 2.44. The fraction of sp³-hybridized carbons (Fsp3) is 1.00. The van der Waals surface area contributed by atoms with Gasteiger partial charge in [-0.15, -0.1) is 0 Å². The third-order valence-electron chi connectivity index (χ3n) is 4.70. The number of hydrogen-bond donors (Lipinski definition) is 1. The van der Waals surface area contributed by atoms with Crippen molar-refractivity contribution in [2.24, 2.45) is 0 Å². The van der Waals surface area contributed by atoms with E-state index in [4.69, 9.17) is 9.47 Å². The van der Waals surface area contributed by atoms with Gasteiger partial charge in [0.2, 0.25) is 0 Å². The molecule has 0 aliphatic carbocycles. The predicted octanol–water partition coefficient (Wildman–Crippen LogP) is 4.30. The first-order valence-electron chi connectivity index (χ1n) is 9.24. The molecule has 1 fully saturated rings. The summed E-state index contributed by atoms with van der Waals surface area (Å²) in [7, 11) is 0. The van der Waals surface area contributed by atoms with E-state index in [1.165, 1.54) is 44.9 Å². The van der Waals surface area contributed by atoms with E-state index in [1.807, 2.05) is 0 Å². The van der Waals surface area contributed by atoms with Crippen LogP contribution in [0.5, 0.6) is 0 Å². The van der Waals surface area contributed by atoms with Gasteiger partial charge in [0.15, 0.2) is 0 Å². The van der Waals surface area contributed by atoms with Crippen LogP contribution < -0.4 is 5.32 Å². The van der Waals surface area contributed by atoms with E-state index in [0.717, 1.165) is 39.2 Å². The predicted molar refractivity (Wildman–Crippen MR) is 89.9 cm³/mol. The molecule has 0 spiro atoms. The van der Waals surface area contributed by atoms with Gasteiger partial charge >= 0.3 is 0 Å². The third-order valence-corrected chi connectivity index (χ3v) is 4.70. The SMILES string of the molecule is CCCCCCCCC(NCC)C1(OCC)CCOCC1. The van der Waals surface area contributed by atoms with Crippen LogP contribution in [0.25, 0.3) is 0 Å². The molecule has 0 aromatic rings. The summed E-state index contributed by atoms with van der Waals surface area (Å²) in [5.41, 5.74) is 0.00638. The van der Waals surface area contributed by atoms with Crippen molar-refractivity contribution < 1.29 is 9.47 Å². The largest absolute Gasteiger partial charge is 0.381 e. The smallest absolute Gasteiger partial charge is 0.0878 e. The molecule has 21 heavy (non-hydrogen) atoms. The van der Waals surface area contributed by atoms with Gasteiger partial charge in [-0.1, -0.05) is 52.4 Å². The summed E-state index contributed by atoms with van der Waals surface area (Å²) in [6, 6.07) is 0.484. The van der Waals surface area contributed by atoms with Gasteiger partial charge in [-0.3, -0.25) is 0 Å². The summed E-state index contributed by atoms with van der Waals surface area (Å²) < 4.78 is 11.8. The number of hydrogen-bond acceptors (Lipinski definition) is 3. The number of nitrogens with one attached hydrogen (secondary N) is 1. The van der Waals surface area contributed by atoms with Crippen molar-refractivity contribution in [2.45, 2.75) is 90.2 Å². The maximum Gasteiger partial charge on any atom is 0.0878 e.